The zero-order valence-electron chi connectivity index (χ0n) is 10.4. The number of rotatable bonds is 4. The molecule has 4 heteroatoms. The van der Waals surface area contributed by atoms with E-state index in [1.807, 2.05) is 24.4 Å². The zero-order valence-corrected chi connectivity index (χ0v) is 11.3. The molecular weight excluding hydrogens is 242 g/mol. The topological polar surface area (TPSA) is 37.0 Å². The maximum atomic E-state index is 5.27. The van der Waals surface area contributed by atoms with Crippen molar-refractivity contribution in [3.05, 3.63) is 36.7 Å². The fraction of sp³-hybridized carbons (Fsp3) is 0.286. The molecule has 0 aliphatic rings. The summed E-state index contributed by atoms with van der Waals surface area (Å²) in [5, 5.41) is 9.33. The third-order valence-corrected chi connectivity index (χ3v) is 2.99. The standard InChI is InChI=1S/C14H17N3S/c1-2-3-8-16-14(18)17-13-6-4-5-11-7-9-15-10-12(11)13/h4-7,9-10H,2-3,8H2,1H3,(H2,16,17,18). The van der Waals surface area contributed by atoms with Gasteiger partial charge in [-0.2, -0.15) is 0 Å². The van der Waals surface area contributed by atoms with Crippen molar-refractivity contribution in [3.8, 4) is 0 Å². The van der Waals surface area contributed by atoms with Gasteiger partial charge in [0.2, 0.25) is 0 Å². The number of hydrogen-bond donors (Lipinski definition) is 2. The smallest absolute Gasteiger partial charge is 0.170 e. The lowest BCUT2D eigenvalue weighted by atomic mass is 10.1. The molecule has 2 aromatic rings. The van der Waals surface area contributed by atoms with Crippen LogP contribution < -0.4 is 10.6 Å². The Bertz CT molecular complexity index is 534. The van der Waals surface area contributed by atoms with E-state index in [4.69, 9.17) is 12.2 Å². The minimum Gasteiger partial charge on any atom is -0.362 e. The van der Waals surface area contributed by atoms with Gasteiger partial charge in [-0.3, -0.25) is 4.98 Å². The molecule has 0 radical (unpaired) electrons. The molecule has 0 atom stereocenters. The van der Waals surface area contributed by atoms with Crippen molar-refractivity contribution in [1.29, 1.82) is 0 Å². The molecule has 0 saturated carbocycles. The van der Waals surface area contributed by atoms with Crippen LogP contribution in [0.3, 0.4) is 0 Å². The first kappa shape index (κ1) is 12.8. The number of unbranched alkanes of at least 4 members (excludes halogenated alkanes) is 1. The predicted molar refractivity (Wildman–Crippen MR) is 80.9 cm³/mol. The molecule has 0 fully saturated rings. The quantitative estimate of drug-likeness (QED) is 0.652. The largest absolute Gasteiger partial charge is 0.362 e. The minimum absolute atomic E-state index is 0.666. The molecule has 1 heterocycles. The summed E-state index contributed by atoms with van der Waals surface area (Å²) in [5.41, 5.74) is 0.995. The Labute approximate surface area is 113 Å². The fourth-order valence-corrected chi connectivity index (χ4v) is 1.98. The van der Waals surface area contributed by atoms with Crippen LogP contribution in [0.2, 0.25) is 0 Å². The van der Waals surface area contributed by atoms with E-state index in [-0.39, 0.29) is 0 Å². The van der Waals surface area contributed by atoms with Crippen molar-refractivity contribution in [2.75, 3.05) is 11.9 Å². The normalized spacial score (nSPS) is 10.3. The highest BCUT2D eigenvalue weighted by molar-refractivity contribution is 7.80. The van der Waals surface area contributed by atoms with Crippen LogP contribution in [0.25, 0.3) is 10.8 Å². The molecule has 1 aromatic heterocycles. The Balaban J connectivity index is 2.09. The molecule has 2 rings (SSSR count). The van der Waals surface area contributed by atoms with E-state index in [0.29, 0.717) is 5.11 Å². The van der Waals surface area contributed by atoms with E-state index in [1.54, 1.807) is 6.20 Å². The summed E-state index contributed by atoms with van der Waals surface area (Å²) in [6, 6.07) is 8.08. The molecule has 0 spiro atoms. The second kappa shape index (κ2) is 6.31. The highest BCUT2D eigenvalue weighted by atomic mass is 32.1. The first-order valence-electron chi connectivity index (χ1n) is 6.19. The first-order valence-corrected chi connectivity index (χ1v) is 6.59. The molecule has 18 heavy (non-hydrogen) atoms. The monoisotopic (exact) mass is 259 g/mol. The second-order valence-corrected chi connectivity index (χ2v) is 4.55. The molecule has 94 valence electrons. The maximum Gasteiger partial charge on any atom is 0.170 e. The van der Waals surface area contributed by atoms with Gasteiger partial charge in [-0.15, -0.1) is 0 Å². The number of pyridine rings is 1. The first-order chi connectivity index (χ1) is 8.81. The number of benzene rings is 1. The van der Waals surface area contributed by atoms with E-state index >= 15 is 0 Å². The van der Waals surface area contributed by atoms with E-state index in [1.165, 1.54) is 0 Å². The van der Waals surface area contributed by atoms with Crippen LogP contribution in [0.5, 0.6) is 0 Å². The van der Waals surface area contributed by atoms with Gasteiger partial charge in [-0.05, 0) is 36.2 Å². The van der Waals surface area contributed by atoms with Gasteiger partial charge in [0, 0.05) is 30.0 Å². The SMILES string of the molecule is CCCCNC(=S)Nc1cccc2ccncc12. The van der Waals surface area contributed by atoms with Gasteiger partial charge in [-0.25, -0.2) is 0 Å². The Kier molecular flexibility index (Phi) is 4.47. The number of nitrogens with zero attached hydrogens (tertiary/aromatic N) is 1. The van der Waals surface area contributed by atoms with E-state index in [9.17, 15) is 0 Å². The second-order valence-electron chi connectivity index (χ2n) is 4.14. The Morgan fingerprint density at radius 1 is 1.33 bits per heavy atom. The fourth-order valence-electron chi connectivity index (χ4n) is 1.77. The summed E-state index contributed by atoms with van der Waals surface area (Å²) in [4.78, 5) is 4.15. The van der Waals surface area contributed by atoms with Crippen LogP contribution in [-0.2, 0) is 0 Å². The molecule has 0 bridgehead atoms. The van der Waals surface area contributed by atoms with Gasteiger partial charge in [0.25, 0.3) is 0 Å². The molecule has 1 aromatic carbocycles. The predicted octanol–water partition coefficient (Wildman–Crippen LogP) is 3.32. The third kappa shape index (κ3) is 3.17. The summed E-state index contributed by atoms with van der Waals surface area (Å²) < 4.78 is 0. The van der Waals surface area contributed by atoms with Crippen LogP contribution in [0.4, 0.5) is 5.69 Å². The van der Waals surface area contributed by atoms with Gasteiger partial charge in [0.05, 0.1) is 0 Å². The zero-order chi connectivity index (χ0) is 12.8. The van der Waals surface area contributed by atoms with E-state index < -0.39 is 0 Å². The van der Waals surface area contributed by atoms with E-state index in [0.717, 1.165) is 35.8 Å². The van der Waals surface area contributed by atoms with Crippen LogP contribution in [-0.4, -0.2) is 16.6 Å². The number of hydrogen-bond acceptors (Lipinski definition) is 2. The van der Waals surface area contributed by atoms with Crippen LogP contribution in [0, 0.1) is 0 Å². The lowest BCUT2D eigenvalue weighted by Gasteiger charge is -2.11. The Morgan fingerprint density at radius 2 is 2.22 bits per heavy atom. The van der Waals surface area contributed by atoms with Crippen molar-refractivity contribution >= 4 is 33.8 Å². The summed E-state index contributed by atoms with van der Waals surface area (Å²) in [7, 11) is 0. The average Bonchev–Trinajstić information content (AvgIpc) is 2.39. The molecule has 0 amide bonds. The van der Waals surface area contributed by atoms with Gasteiger partial charge >= 0.3 is 0 Å². The third-order valence-electron chi connectivity index (χ3n) is 2.75. The maximum absolute atomic E-state index is 5.27. The van der Waals surface area contributed by atoms with Crippen molar-refractivity contribution in [2.24, 2.45) is 0 Å². The van der Waals surface area contributed by atoms with E-state index in [2.05, 4.69) is 28.6 Å². The molecule has 0 unspecified atom stereocenters. The van der Waals surface area contributed by atoms with Gasteiger partial charge < -0.3 is 10.6 Å². The minimum atomic E-state index is 0.666. The molecular formula is C14H17N3S. The van der Waals surface area contributed by atoms with Gasteiger partial charge in [-0.1, -0.05) is 25.5 Å². The summed E-state index contributed by atoms with van der Waals surface area (Å²) in [6.07, 6.45) is 5.93. The highest BCUT2D eigenvalue weighted by Gasteiger charge is 2.02. The lowest BCUT2D eigenvalue weighted by Crippen LogP contribution is -2.29. The average molecular weight is 259 g/mol. The molecule has 0 aliphatic heterocycles. The Hall–Kier alpha value is -1.68. The molecule has 3 nitrogen and oxygen atoms in total. The van der Waals surface area contributed by atoms with Gasteiger partial charge in [0.1, 0.15) is 0 Å². The molecule has 0 saturated heterocycles. The number of nitrogens with one attached hydrogen (secondary N) is 2. The Morgan fingerprint density at radius 3 is 3.06 bits per heavy atom. The number of fused-ring (bicyclic) bond motifs is 1. The molecule has 2 N–H and O–H groups in total. The van der Waals surface area contributed by atoms with Crippen LogP contribution >= 0.6 is 12.2 Å². The van der Waals surface area contributed by atoms with Crippen molar-refractivity contribution in [2.45, 2.75) is 19.8 Å². The van der Waals surface area contributed by atoms with Gasteiger partial charge in [0.15, 0.2) is 5.11 Å². The summed E-state index contributed by atoms with van der Waals surface area (Å²) in [6.45, 7) is 3.07. The van der Waals surface area contributed by atoms with Crippen LogP contribution in [0.15, 0.2) is 36.7 Å². The lowest BCUT2D eigenvalue weighted by molar-refractivity contribution is 0.758. The molecule has 0 aliphatic carbocycles. The number of aromatic nitrogens is 1. The number of anilines is 1. The van der Waals surface area contributed by atoms with Crippen molar-refractivity contribution in [3.63, 3.8) is 0 Å². The van der Waals surface area contributed by atoms with Crippen molar-refractivity contribution in [1.82, 2.24) is 10.3 Å². The highest BCUT2D eigenvalue weighted by Crippen LogP contribution is 2.21. The number of thiocarbonyl (C=S) groups is 1. The van der Waals surface area contributed by atoms with Crippen LogP contribution in [0.1, 0.15) is 19.8 Å². The van der Waals surface area contributed by atoms with Crippen molar-refractivity contribution < 1.29 is 0 Å². The summed E-state index contributed by atoms with van der Waals surface area (Å²) in [5.74, 6) is 0. The summed E-state index contributed by atoms with van der Waals surface area (Å²) >= 11 is 5.27.